The summed E-state index contributed by atoms with van der Waals surface area (Å²) in [4.78, 5) is 2.63. The Morgan fingerprint density at radius 2 is 2.41 bits per heavy atom. The first-order chi connectivity index (χ1) is 8.27. The SMILES string of the molecule is CC(C)C1CCCN1CCNCc1ccoc1. The molecule has 1 aromatic rings. The number of hydrogen-bond donors (Lipinski definition) is 1. The zero-order chi connectivity index (χ0) is 12.1. The van der Waals surface area contributed by atoms with Crippen LogP contribution in [0.15, 0.2) is 23.0 Å². The van der Waals surface area contributed by atoms with Gasteiger partial charge in [0.2, 0.25) is 0 Å². The van der Waals surface area contributed by atoms with Gasteiger partial charge in [0.25, 0.3) is 0 Å². The summed E-state index contributed by atoms with van der Waals surface area (Å²) in [5.41, 5.74) is 1.23. The molecule has 3 heteroatoms. The largest absolute Gasteiger partial charge is 0.472 e. The second kappa shape index (κ2) is 6.22. The Morgan fingerprint density at radius 1 is 1.53 bits per heavy atom. The van der Waals surface area contributed by atoms with E-state index in [9.17, 15) is 0 Å². The normalized spacial score (nSPS) is 21.5. The fourth-order valence-electron chi connectivity index (χ4n) is 2.73. The minimum Gasteiger partial charge on any atom is -0.472 e. The van der Waals surface area contributed by atoms with Crippen molar-refractivity contribution in [1.82, 2.24) is 10.2 Å². The lowest BCUT2D eigenvalue weighted by atomic mass is 10.0. The first kappa shape index (κ1) is 12.7. The third kappa shape index (κ3) is 3.58. The molecule has 1 aliphatic rings. The Labute approximate surface area is 104 Å². The second-order valence-electron chi connectivity index (χ2n) is 5.30. The van der Waals surface area contributed by atoms with Crippen LogP contribution in [0.3, 0.4) is 0 Å². The first-order valence-corrected chi connectivity index (χ1v) is 6.73. The Kier molecular flexibility index (Phi) is 4.63. The van der Waals surface area contributed by atoms with Crippen molar-refractivity contribution < 1.29 is 4.42 Å². The quantitative estimate of drug-likeness (QED) is 0.769. The predicted octanol–water partition coefficient (Wildman–Crippen LogP) is 2.49. The van der Waals surface area contributed by atoms with Crippen molar-refractivity contribution >= 4 is 0 Å². The highest BCUT2D eigenvalue weighted by atomic mass is 16.3. The molecule has 96 valence electrons. The summed E-state index contributed by atoms with van der Waals surface area (Å²) in [6.07, 6.45) is 6.27. The average Bonchev–Trinajstić information content (AvgIpc) is 2.95. The van der Waals surface area contributed by atoms with Gasteiger partial charge in [-0.1, -0.05) is 13.8 Å². The Hall–Kier alpha value is -0.800. The summed E-state index contributed by atoms with van der Waals surface area (Å²) in [7, 11) is 0. The zero-order valence-electron chi connectivity index (χ0n) is 11.0. The Morgan fingerprint density at radius 3 is 3.12 bits per heavy atom. The van der Waals surface area contributed by atoms with Gasteiger partial charge >= 0.3 is 0 Å². The molecule has 2 rings (SSSR count). The van der Waals surface area contributed by atoms with E-state index in [1.54, 1.807) is 12.5 Å². The van der Waals surface area contributed by atoms with Crippen molar-refractivity contribution in [2.24, 2.45) is 5.92 Å². The van der Waals surface area contributed by atoms with Gasteiger partial charge in [-0.15, -0.1) is 0 Å². The van der Waals surface area contributed by atoms with Crippen LogP contribution in [0.4, 0.5) is 0 Å². The van der Waals surface area contributed by atoms with Crippen LogP contribution < -0.4 is 5.32 Å². The van der Waals surface area contributed by atoms with E-state index in [1.165, 1.54) is 31.5 Å². The highest BCUT2D eigenvalue weighted by molar-refractivity contribution is 5.04. The van der Waals surface area contributed by atoms with E-state index in [0.717, 1.165) is 25.0 Å². The van der Waals surface area contributed by atoms with E-state index < -0.39 is 0 Å². The smallest absolute Gasteiger partial charge is 0.0947 e. The third-order valence-electron chi connectivity index (χ3n) is 3.67. The highest BCUT2D eigenvalue weighted by Gasteiger charge is 2.25. The lowest BCUT2D eigenvalue weighted by molar-refractivity contribution is 0.207. The van der Waals surface area contributed by atoms with Gasteiger partial charge in [0, 0.05) is 31.2 Å². The van der Waals surface area contributed by atoms with Crippen LogP contribution in [-0.2, 0) is 6.54 Å². The van der Waals surface area contributed by atoms with Gasteiger partial charge in [0.05, 0.1) is 12.5 Å². The summed E-state index contributed by atoms with van der Waals surface area (Å²) in [6.45, 7) is 9.09. The molecule has 0 radical (unpaired) electrons. The van der Waals surface area contributed by atoms with E-state index in [4.69, 9.17) is 4.42 Å². The maximum atomic E-state index is 5.04. The van der Waals surface area contributed by atoms with Crippen LogP contribution in [0.2, 0.25) is 0 Å². The molecule has 0 bridgehead atoms. The average molecular weight is 236 g/mol. The summed E-state index contributed by atoms with van der Waals surface area (Å²) < 4.78 is 5.04. The van der Waals surface area contributed by atoms with Crippen molar-refractivity contribution in [1.29, 1.82) is 0 Å². The highest BCUT2D eigenvalue weighted by Crippen LogP contribution is 2.22. The molecule has 0 aromatic carbocycles. The fraction of sp³-hybridized carbons (Fsp3) is 0.714. The molecule has 1 aromatic heterocycles. The summed E-state index contributed by atoms with van der Waals surface area (Å²) in [5, 5.41) is 3.47. The maximum absolute atomic E-state index is 5.04. The lowest BCUT2D eigenvalue weighted by Crippen LogP contribution is -2.38. The maximum Gasteiger partial charge on any atom is 0.0947 e. The second-order valence-corrected chi connectivity index (χ2v) is 5.30. The molecule has 1 aliphatic heterocycles. The lowest BCUT2D eigenvalue weighted by Gasteiger charge is -2.27. The minimum atomic E-state index is 0.784. The summed E-state index contributed by atoms with van der Waals surface area (Å²) >= 11 is 0. The van der Waals surface area contributed by atoms with E-state index in [1.807, 2.05) is 6.07 Å². The molecule has 0 amide bonds. The number of nitrogens with one attached hydrogen (secondary N) is 1. The van der Waals surface area contributed by atoms with Crippen LogP contribution in [0, 0.1) is 5.92 Å². The van der Waals surface area contributed by atoms with Gasteiger partial charge in [-0.25, -0.2) is 0 Å². The van der Waals surface area contributed by atoms with E-state index in [0.29, 0.717) is 0 Å². The van der Waals surface area contributed by atoms with Crippen molar-refractivity contribution in [3.8, 4) is 0 Å². The van der Waals surface area contributed by atoms with E-state index in [-0.39, 0.29) is 0 Å². The van der Waals surface area contributed by atoms with Crippen LogP contribution in [0.1, 0.15) is 32.3 Å². The van der Waals surface area contributed by atoms with Gasteiger partial charge < -0.3 is 9.73 Å². The van der Waals surface area contributed by atoms with Gasteiger partial charge in [-0.3, -0.25) is 4.90 Å². The van der Waals surface area contributed by atoms with Crippen LogP contribution in [-0.4, -0.2) is 30.6 Å². The number of nitrogens with zero attached hydrogens (tertiary/aromatic N) is 1. The number of rotatable bonds is 6. The van der Waals surface area contributed by atoms with Crippen molar-refractivity contribution in [2.75, 3.05) is 19.6 Å². The van der Waals surface area contributed by atoms with Crippen molar-refractivity contribution in [3.05, 3.63) is 24.2 Å². The Bertz CT molecular complexity index is 308. The first-order valence-electron chi connectivity index (χ1n) is 6.73. The van der Waals surface area contributed by atoms with Gasteiger partial charge in [-0.05, 0) is 31.4 Å². The Balaban J connectivity index is 1.64. The fourth-order valence-corrected chi connectivity index (χ4v) is 2.73. The van der Waals surface area contributed by atoms with Crippen LogP contribution in [0.25, 0.3) is 0 Å². The third-order valence-corrected chi connectivity index (χ3v) is 3.67. The minimum absolute atomic E-state index is 0.784. The molecule has 0 aliphatic carbocycles. The molecule has 1 saturated heterocycles. The number of likely N-dealkylation sites (tertiary alicyclic amines) is 1. The molecular formula is C14H24N2O. The van der Waals surface area contributed by atoms with Crippen LogP contribution in [0.5, 0.6) is 0 Å². The molecule has 0 saturated carbocycles. The zero-order valence-corrected chi connectivity index (χ0v) is 11.0. The predicted molar refractivity (Wildman–Crippen MR) is 69.8 cm³/mol. The van der Waals surface area contributed by atoms with E-state index >= 15 is 0 Å². The molecule has 1 N–H and O–H groups in total. The number of furan rings is 1. The van der Waals surface area contributed by atoms with Crippen molar-refractivity contribution in [2.45, 2.75) is 39.3 Å². The van der Waals surface area contributed by atoms with Crippen molar-refractivity contribution in [3.63, 3.8) is 0 Å². The molecule has 3 nitrogen and oxygen atoms in total. The molecule has 17 heavy (non-hydrogen) atoms. The number of hydrogen-bond acceptors (Lipinski definition) is 3. The molecule has 1 unspecified atom stereocenters. The molecular weight excluding hydrogens is 212 g/mol. The summed E-state index contributed by atoms with van der Waals surface area (Å²) in [6, 6.07) is 2.81. The van der Waals surface area contributed by atoms with E-state index in [2.05, 4.69) is 24.1 Å². The molecule has 1 atom stereocenters. The monoisotopic (exact) mass is 236 g/mol. The molecule has 0 spiro atoms. The topological polar surface area (TPSA) is 28.4 Å². The molecule has 1 fully saturated rings. The van der Waals surface area contributed by atoms with Gasteiger partial charge in [0.15, 0.2) is 0 Å². The standard InChI is InChI=1S/C14H24N2O/c1-12(2)14-4-3-7-16(14)8-6-15-10-13-5-9-17-11-13/h5,9,11-12,14-15H,3-4,6-8,10H2,1-2H3. The van der Waals surface area contributed by atoms with Crippen LogP contribution >= 0.6 is 0 Å². The summed E-state index contributed by atoms with van der Waals surface area (Å²) in [5.74, 6) is 0.784. The molecule has 2 heterocycles. The van der Waals surface area contributed by atoms with Gasteiger partial charge in [-0.2, -0.15) is 0 Å². The van der Waals surface area contributed by atoms with Gasteiger partial charge in [0.1, 0.15) is 0 Å².